The Morgan fingerprint density at radius 3 is 2.85 bits per heavy atom. The predicted octanol–water partition coefficient (Wildman–Crippen LogP) is 3.72. The van der Waals surface area contributed by atoms with Crippen molar-refractivity contribution in [3.8, 4) is 5.75 Å². The lowest BCUT2D eigenvalue weighted by atomic mass is 10.1. The second-order valence-electron chi connectivity index (χ2n) is 6.28. The molecule has 0 saturated heterocycles. The van der Waals surface area contributed by atoms with Crippen LogP contribution in [0.5, 0.6) is 5.75 Å². The van der Waals surface area contributed by atoms with Gasteiger partial charge in [0.2, 0.25) is 0 Å². The molecule has 3 aromatic rings. The van der Waals surface area contributed by atoms with Gasteiger partial charge in [-0.25, -0.2) is 4.98 Å². The van der Waals surface area contributed by atoms with Crippen molar-refractivity contribution in [2.45, 2.75) is 26.5 Å². The monoisotopic (exact) mass is 353 g/mol. The second-order valence-corrected chi connectivity index (χ2v) is 6.28. The third-order valence-electron chi connectivity index (χ3n) is 3.88. The molecule has 0 bridgehead atoms. The topological polar surface area (TPSA) is 65.4 Å². The van der Waals surface area contributed by atoms with Gasteiger partial charge in [0.05, 0.1) is 30.1 Å². The lowest BCUT2D eigenvalue weighted by Gasteiger charge is -2.11. The zero-order valence-electron chi connectivity index (χ0n) is 15.2. The van der Waals surface area contributed by atoms with E-state index in [9.17, 15) is 4.79 Å². The number of rotatable bonds is 7. The summed E-state index contributed by atoms with van der Waals surface area (Å²) in [5.74, 6) is 0.546. The van der Waals surface area contributed by atoms with Crippen LogP contribution in [0, 0.1) is 0 Å². The SMILES string of the molecule is COCCn1cnc2cc(C(=O)Nc3cccc(OC(C)C)c3)ccc21. The van der Waals surface area contributed by atoms with Crippen LogP contribution in [0.4, 0.5) is 5.69 Å². The summed E-state index contributed by atoms with van der Waals surface area (Å²) in [6, 6.07) is 12.9. The molecule has 6 heteroatoms. The van der Waals surface area contributed by atoms with Crippen molar-refractivity contribution in [1.29, 1.82) is 0 Å². The van der Waals surface area contributed by atoms with Crippen LogP contribution >= 0.6 is 0 Å². The molecule has 0 unspecified atom stereocenters. The first-order chi connectivity index (χ1) is 12.6. The third kappa shape index (κ3) is 4.21. The van der Waals surface area contributed by atoms with E-state index in [-0.39, 0.29) is 12.0 Å². The zero-order valence-corrected chi connectivity index (χ0v) is 15.2. The average Bonchev–Trinajstić information content (AvgIpc) is 3.02. The molecule has 0 saturated carbocycles. The number of imidazole rings is 1. The summed E-state index contributed by atoms with van der Waals surface area (Å²) < 4.78 is 12.8. The quantitative estimate of drug-likeness (QED) is 0.703. The summed E-state index contributed by atoms with van der Waals surface area (Å²) in [6.45, 7) is 5.27. The maximum Gasteiger partial charge on any atom is 0.255 e. The molecule has 0 aliphatic rings. The largest absolute Gasteiger partial charge is 0.491 e. The van der Waals surface area contributed by atoms with E-state index < -0.39 is 0 Å². The first kappa shape index (κ1) is 17.9. The third-order valence-corrected chi connectivity index (χ3v) is 3.88. The molecule has 26 heavy (non-hydrogen) atoms. The molecule has 136 valence electrons. The number of fused-ring (bicyclic) bond motifs is 1. The Bertz CT molecular complexity index is 902. The fourth-order valence-corrected chi connectivity index (χ4v) is 2.70. The number of carbonyl (C=O) groups excluding carboxylic acids is 1. The van der Waals surface area contributed by atoms with Crippen molar-refractivity contribution in [3.05, 3.63) is 54.4 Å². The molecule has 1 N–H and O–H groups in total. The Morgan fingerprint density at radius 2 is 2.08 bits per heavy atom. The van der Waals surface area contributed by atoms with Crippen molar-refractivity contribution >= 4 is 22.6 Å². The summed E-state index contributed by atoms with van der Waals surface area (Å²) in [5, 5.41) is 2.90. The van der Waals surface area contributed by atoms with Gasteiger partial charge in [-0.1, -0.05) is 6.07 Å². The summed E-state index contributed by atoms with van der Waals surface area (Å²) in [4.78, 5) is 16.9. The highest BCUT2D eigenvalue weighted by Crippen LogP contribution is 2.20. The van der Waals surface area contributed by atoms with Crippen LogP contribution in [-0.4, -0.2) is 35.3 Å². The highest BCUT2D eigenvalue weighted by atomic mass is 16.5. The minimum absolute atomic E-state index is 0.0802. The maximum absolute atomic E-state index is 12.6. The fraction of sp³-hybridized carbons (Fsp3) is 0.300. The second kappa shape index (κ2) is 8.01. The molecule has 1 heterocycles. The van der Waals surface area contributed by atoms with Gasteiger partial charge in [0.15, 0.2) is 0 Å². The smallest absolute Gasteiger partial charge is 0.255 e. The van der Waals surface area contributed by atoms with Crippen molar-refractivity contribution < 1.29 is 14.3 Å². The van der Waals surface area contributed by atoms with E-state index in [1.54, 1.807) is 25.6 Å². The van der Waals surface area contributed by atoms with E-state index in [0.717, 1.165) is 23.3 Å². The van der Waals surface area contributed by atoms with Crippen molar-refractivity contribution in [2.24, 2.45) is 0 Å². The van der Waals surface area contributed by atoms with Crippen LogP contribution in [0.2, 0.25) is 0 Å². The molecule has 2 aromatic carbocycles. The number of hydrogen-bond acceptors (Lipinski definition) is 4. The molecular weight excluding hydrogens is 330 g/mol. The molecule has 1 aromatic heterocycles. The number of amides is 1. The molecular formula is C20H23N3O3. The van der Waals surface area contributed by atoms with Gasteiger partial charge in [-0.2, -0.15) is 0 Å². The first-order valence-electron chi connectivity index (χ1n) is 8.58. The Morgan fingerprint density at radius 1 is 1.23 bits per heavy atom. The van der Waals surface area contributed by atoms with Crippen LogP contribution in [0.3, 0.4) is 0 Å². The zero-order chi connectivity index (χ0) is 18.5. The molecule has 0 radical (unpaired) electrons. The summed E-state index contributed by atoms with van der Waals surface area (Å²) >= 11 is 0. The van der Waals surface area contributed by atoms with Gasteiger partial charge in [0, 0.05) is 31.0 Å². The van der Waals surface area contributed by atoms with Crippen LogP contribution in [0.25, 0.3) is 11.0 Å². The van der Waals surface area contributed by atoms with Crippen LogP contribution in [0.15, 0.2) is 48.8 Å². The van der Waals surface area contributed by atoms with Gasteiger partial charge in [0.1, 0.15) is 5.75 Å². The molecule has 0 aliphatic heterocycles. The average molecular weight is 353 g/mol. The fourth-order valence-electron chi connectivity index (χ4n) is 2.70. The summed E-state index contributed by atoms with van der Waals surface area (Å²) in [7, 11) is 1.67. The summed E-state index contributed by atoms with van der Waals surface area (Å²) in [6.07, 6.45) is 1.84. The number of benzene rings is 2. The van der Waals surface area contributed by atoms with Crippen molar-refractivity contribution in [3.63, 3.8) is 0 Å². The summed E-state index contributed by atoms with van der Waals surface area (Å²) in [5.41, 5.74) is 3.01. The van der Waals surface area contributed by atoms with E-state index >= 15 is 0 Å². The number of methoxy groups -OCH3 is 1. The predicted molar refractivity (Wildman–Crippen MR) is 102 cm³/mol. The van der Waals surface area contributed by atoms with Crippen molar-refractivity contribution in [2.75, 3.05) is 19.0 Å². The van der Waals surface area contributed by atoms with Crippen LogP contribution < -0.4 is 10.1 Å². The van der Waals surface area contributed by atoms with Crippen LogP contribution in [0.1, 0.15) is 24.2 Å². The molecule has 1 amide bonds. The van der Waals surface area contributed by atoms with Crippen molar-refractivity contribution in [1.82, 2.24) is 9.55 Å². The molecule has 0 aliphatic carbocycles. The lowest BCUT2D eigenvalue weighted by molar-refractivity contribution is 0.102. The Hall–Kier alpha value is -2.86. The highest BCUT2D eigenvalue weighted by molar-refractivity contribution is 6.06. The van der Waals surface area contributed by atoms with E-state index in [4.69, 9.17) is 9.47 Å². The lowest BCUT2D eigenvalue weighted by Crippen LogP contribution is -2.12. The van der Waals surface area contributed by atoms with Gasteiger partial charge in [-0.3, -0.25) is 4.79 Å². The minimum Gasteiger partial charge on any atom is -0.491 e. The number of hydrogen-bond donors (Lipinski definition) is 1. The number of nitrogens with one attached hydrogen (secondary N) is 1. The molecule has 0 atom stereocenters. The Kier molecular flexibility index (Phi) is 5.53. The van der Waals surface area contributed by atoms with Gasteiger partial charge >= 0.3 is 0 Å². The number of aromatic nitrogens is 2. The van der Waals surface area contributed by atoms with E-state index in [1.165, 1.54) is 0 Å². The first-order valence-corrected chi connectivity index (χ1v) is 8.58. The maximum atomic E-state index is 12.6. The number of nitrogens with zero attached hydrogens (tertiary/aromatic N) is 2. The van der Waals surface area contributed by atoms with E-state index in [0.29, 0.717) is 17.9 Å². The normalized spacial score (nSPS) is 11.1. The van der Waals surface area contributed by atoms with Gasteiger partial charge in [-0.15, -0.1) is 0 Å². The Balaban J connectivity index is 1.75. The molecule has 0 spiro atoms. The van der Waals surface area contributed by atoms with E-state index in [2.05, 4.69) is 10.3 Å². The van der Waals surface area contributed by atoms with Gasteiger partial charge in [-0.05, 0) is 44.2 Å². The number of ether oxygens (including phenoxy) is 2. The molecule has 0 fully saturated rings. The molecule has 6 nitrogen and oxygen atoms in total. The van der Waals surface area contributed by atoms with Gasteiger partial charge in [0.25, 0.3) is 5.91 Å². The Labute approximate surface area is 152 Å². The highest BCUT2D eigenvalue weighted by Gasteiger charge is 2.10. The van der Waals surface area contributed by atoms with E-state index in [1.807, 2.05) is 48.7 Å². The van der Waals surface area contributed by atoms with Gasteiger partial charge < -0.3 is 19.4 Å². The number of anilines is 1. The number of carbonyl (C=O) groups is 1. The van der Waals surface area contributed by atoms with Crippen LogP contribution in [-0.2, 0) is 11.3 Å². The minimum atomic E-state index is -0.181. The standard InChI is InChI=1S/C20H23N3O3/c1-14(2)26-17-6-4-5-16(12-17)22-20(24)15-7-8-19-18(11-15)21-13-23(19)9-10-25-3/h4-8,11-14H,9-10H2,1-3H3,(H,22,24). The molecule has 3 rings (SSSR count).